The predicted molar refractivity (Wildman–Crippen MR) is 112 cm³/mol. The number of halogens is 1. The molecule has 29 heavy (non-hydrogen) atoms. The molecule has 0 saturated heterocycles. The van der Waals surface area contributed by atoms with Crippen molar-refractivity contribution in [2.45, 2.75) is 56.9 Å². The molecular weight excluding hydrogens is 391 g/mol. The Labute approximate surface area is 172 Å². The van der Waals surface area contributed by atoms with Crippen LogP contribution in [0.3, 0.4) is 0 Å². The molecule has 5 nitrogen and oxygen atoms in total. The highest BCUT2D eigenvalue weighted by Gasteiger charge is 2.28. The van der Waals surface area contributed by atoms with Crippen LogP contribution in [0.4, 0.5) is 10.1 Å². The molecule has 3 rings (SSSR count). The topological polar surface area (TPSA) is 66.5 Å². The molecule has 0 aliphatic heterocycles. The van der Waals surface area contributed by atoms with Crippen LogP contribution >= 0.6 is 0 Å². The number of nitrogens with zero attached hydrogens (tertiary/aromatic N) is 1. The second-order valence-electron chi connectivity index (χ2n) is 7.49. The summed E-state index contributed by atoms with van der Waals surface area (Å²) in [6, 6.07) is 10.1. The average molecular weight is 419 g/mol. The van der Waals surface area contributed by atoms with Crippen LogP contribution in [0.5, 0.6) is 0 Å². The fourth-order valence-corrected chi connectivity index (χ4v) is 4.90. The van der Waals surface area contributed by atoms with E-state index in [1.807, 2.05) is 13.8 Å². The van der Waals surface area contributed by atoms with E-state index in [-0.39, 0.29) is 28.1 Å². The molecular formula is C22H27FN2O3S. The van der Waals surface area contributed by atoms with E-state index in [1.165, 1.54) is 18.2 Å². The molecule has 1 N–H and O–H groups in total. The normalized spacial score (nSPS) is 15.1. The number of benzene rings is 2. The summed E-state index contributed by atoms with van der Waals surface area (Å²) >= 11 is 0. The first-order valence-electron chi connectivity index (χ1n) is 10.0. The summed E-state index contributed by atoms with van der Waals surface area (Å²) < 4.78 is 42.0. The predicted octanol–water partition coefficient (Wildman–Crippen LogP) is 4.73. The number of aryl methyl sites for hydroxylation is 1. The third-order valence-corrected chi connectivity index (χ3v) is 6.79. The number of hydrogen-bond donors (Lipinski definition) is 1. The monoisotopic (exact) mass is 418 g/mol. The smallest absolute Gasteiger partial charge is 0.261 e. The fourth-order valence-electron chi connectivity index (χ4n) is 3.82. The van der Waals surface area contributed by atoms with Crippen molar-refractivity contribution in [3.8, 4) is 0 Å². The van der Waals surface area contributed by atoms with Gasteiger partial charge >= 0.3 is 0 Å². The third-order valence-electron chi connectivity index (χ3n) is 5.40. The summed E-state index contributed by atoms with van der Waals surface area (Å²) in [7, 11) is -3.90. The number of anilines is 1. The van der Waals surface area contributed by atoms with Crippen molar-refractivity contribution < 1.29 is 17.6 Å². The molecule has 0 heterocycles. The molecule has 0 bridgehead atoms. The van der Waals surface area contributed by atoms with Gasteiger partial charge in [0.1, 0.15) is 5.82 Å². The minimum Gasteiger partial charge on any atom is -0.336 e. The molecule has 1 saturated carbocycles. The first kappa shape index (κ1) is 21.3. The Bertz CT molecular complexity index is 968. The molecule has 2 aromatic rings. The zero-order chi connectivity index (χ0) is 21.0. The fraction of sp³-hybridized carbons (Fsp3) is 0.409. The maximum atomic E-state index is 14.0. The number of sulfonamides is 1. The van der Waals surface area contributed by atoms with Gasteiger partial charge in [-0.1, -0.05) is 37.0 Å². The summed E-state index contributed by atoms with van der Waals surface area (Å²) in [5.74, 6) is -0.924. The summed E-state index contributed by atoms with van der Waals surface area (Å²) in [5.41, 5.74) is 1.06. The molecule has 1 aliphatic rings. The van der Waals surface area contributed by atoms with Gasteiger partial charge in [0.2, 0.25) is 0 Å². The SMILES string of the molecule is CCN(C(=O)c1cc(F)ccc1NS(=O)(=O)c1ccc(C)cc1)C1CCCCC1. The molecule has 1 amide bonds. The van der Waals surface area contributed by atoms with Crippen LogP contribution in [0.1, 0.15) is 54.9 Å². The van der Waals surface area contributed by atoms with Crippen LogP contribution in [0.25, 0.3) is 0 Å². The molecule has 0 radical (unpaired) electrons. The molecule has 1 aliphatic carbocycles. The lowest BCUT2D eigenvalue weighted by atomic mass is 9.93. The Morgan fingerprint density at radius 3 is 2.38 bits per heavy atom. The van der Waals surface area contributed by atoms with Gasteiger partial charge in [-0.05, 0) is 57.0 Å². The molecule has 0 spiro atoms. The van der Waals surface area contributed by atoms with Gasteiger partial charge in [0.05, 0.1) is 16.1 Å². The standard InChI is InChI=1S/C22H27FN2O3S/c1-3-25(18-7-5-4-6-8-18)22(26)20-15-17(23)11-14-21(20)24-29(27,28)19-12-9-16(2)10-13-19/h9-15,18,24H,3-8H2,1-2H3. The highest BCUT2D eigenvalue weighted by atomic mass is 32.2. The molecule has 0 unspecified atom stereocenters. The summed E-state index contributed by atoms with van der Waals surface area (Å²) in [6.45, 7) is 4.25. The van der Waals surface area contributed by atoms with Crippen molar-refractivity contribution in [2.24, 2.45) is 0 Å². The molecule has 0 aromatic heterocycles. The van der Waals surface area contributed by atoms with E-state index in [2.05, 4.69) is 4.72 Å². The van der Waals surface area contributed by atoms with E-state index < -0.39 is 15.8 Å². The Hall–Kier alpha value is -2.41. The molecule has 0 atom stereocenters. The van der Waals surface area contributed by atoms with E-state index in [1.54, 1.807) is 17.0 Å². The number of rotatable bonds is 6. The largest absolute Gasteiger partial charge is 0.336 e. The lowest BCUT2D eigenvalue weighted by molar-refractivity contribution is 0.0648. The van der Waals surface area contributed by atoms with E-state index in [0.29, 0.717) is 6.54 Å². The van der Waals surface area contributed by atoms with E-state index >= 15 is 0 Å². The van der Waals surface area contributed by atoms with Gasteiger partial charge < -0.3 is 4.90 Å². The zero-order valence-corrected chi connectivity index (χ0v) is 17.6. The van der Waals surface area contributed by atoms with Crippen LogP contribution in [0.15, 0.2) is 47.4 Å². The number of carbonyl (C=O) groups excluding carboxylic acids is 1. The van der Waals surface area contributed by atoms with Crippen molar-refractivity contribution in [1.82, 2.24) is 4.90 Å². The summed E-state index contributed by atoms with van der Waals surface area (Å²) in [4.78, 5) is 15.1. The number of hydrogen-bond acceptors (Lipinski definition) is 3. The second-order valence-corrected chi connectivity index (χ2v) is 9.17. The van der Waals surface area contributed by atoms with Gasteiger partial charge in [0, 0.05) is 12.6 Å². The molecule has 1 fully saturated rings. The Morgan fingerprint density at radius 2 is 1.76 bits per heavy atom. The van der Waals surface area contributed by atoms with Crippen molar-refractivity contribution in [1.29, 1.82) is 0 Å². The van der Waals surface area contributed by atoms with Gasteiger partial charge in [0.25, 0.3) is 15.9 Å². The summed E-state index contributed by atoms with van der Waals surface area (Å²) in [5, 5.41) is 0. The Morgan fingerprint density at radius 1 is 1.10 bits per heavy atom. The number of amides is 1. The Balaban J connectivity index is 1.92. The lowest BCUT2D eigenvalue weighted by Crippen LogP contribution is -2.41. The van der Waals surface area contributed by atoms with E-state index in [0.717, 1.165) is 49.8 Å². The number of carbonyl (C=O) groups is 1. The molecule has 7 heteroatoms. The summed E-state index contributed by atoms with van der Waals surface area (Å²) in [6.07, 6.45) is 5.11. The van der Waals surface area contributed by atoms with E-state index in [9.17, 15) is 17.6 Å². The van der Waals surface area contributed by atoms with Crippen LogP contribution in [-0.4, -0.2) is 31.8 Å². The van der Waals surface area contributed by atoms with Crippen molar-refractivity contribution in [3.05, 3.63) is 59.4 Å². The van der Waals surface area contributed by atoms with Gasteiger partial charge in [-0.15, -0.1) is 0 Å². The minimum atomic E-state index is -3.90. The highest BCUT2D eigenvalue weighted by Crippen LogP contribution is 2.27. The maximum Gasteiger partial charge on any atom is 0.261 e. The quantitative estimate of drug-likeness (QED) is 0.737. The lowest BCUT2D eigenvalue weighted by Gasteiger charge is -2.34. The molecule has 156 valence electrons. The highest BCUT2D eigenvalue weighted by molar-refractivity contribution is 7.92. The van der Waals surface area contributed by atoms with Gasteiger partial charge in [-0.25, -0.2) is 12.8 Å². The zero-order valence-electron chi connectivity index (χ0n) is 16.8. The first-order valence-corrected chi connectivity index (χ1v) is 11.5. The second kappa shape index (κ2) is 8.95. The van der Waals surface area contributed by atoms with Crippen LogP contribution < -0.4 is 4.72 Å². The molecule has 2 aromatic carbocycles. The van der Waals surface area contributed by atoms with Crippen molar-refractivity contribution >= 4 is 21.6 Å². The van der Waals surface area contributed by atoms with Crippen LogP contribution in [0.2, 0.25) is 0 Å². The van der Waals surface area contributed by atoms with Gasteiger partial charge in [-0.2, -0.15) is 0 Å². The van der Waals surface area contributed by atoms with Gasteiger partial charge in [-0.3, -0.25) is 9.52 Å². The maximum absolute atomic E-state index is 14.0. The Kier molecular flexibility index (Phi) is 6.57. The third kappa shape index (κ3) is 4.96. The van der Waals surface area contributed by atoms with Crippen LogP contribution in [0, 0.1) is 12.7 Å². The van der Waals surface area contributed by atoms with Crippen molar-refractivity contribution in [3.63, 3.8) is 0 Å². The average Bonchev–Trinajstić information content (AvgIpc) is 2.71. The minimum absolute atomic E-state index is 0.0353. The van der Waals surface area contributed by atoms with Crippen LogP contribution in [-0.2, 0) is 10.0 Å². The van der Waals surface area contributed by atoms with E-state index in [4.69, 9.17) is 0 Å². The first-order chi connectivity index (χ1) is 13.8. The number of nitrogens with one attached hydrogen (secondary N) is 1. The van der Waals surface area contributed by atoms with Gasteiger partial charge in [0.15, 0.2) is 0 Å². The van der Waals surface area contributed by atoms with Crippen molar-refractivity contribution in [2.75, 3.05) is 11.3 Å².